The second-order valence-electron chi connectivity index (χ2n) is 7.08. The maximum Gasteiger partial charge on any atom is 0.145 e. The lowest BCUT2D eigenvalue weighted by atomic mass is 9.65. The molecule has 0 atom stereocenters. The minimum absolute atomic E-state index is 0.190. The van der Waals surface area contributed by atoms with Crippen molar-refractivity contribution in [3.63, 3.8) is 0 Å². The van der Waals surface area contributed by atoms with Crippen LogP contribution in [-0.4, -0.2) is 29.1 Å². The molecule has 2 fully saturated rings. The maximum absolute atomic E-state index is 14.7. The summed E-state index contributed by atoms with van der Waals surface area (Å²) in [6, 6.07) is 3.50. The molecule has 1 saturated heterocycles. The van der Waals surface area contributed by atoms with Crippen LogP contribution in [0.1, 0.15) is 24.2 Å². The summed E-state index contributed by atoms with van der Waals surface area (Å²) < 4.78 is 28.3. The molecule has 6 heteroatoms. The zero-order valence-electron chi connectivity index (χ0n) is 14.0. The van der Waals surface area contributed by atoms with E-state index in [1.54, 1.807) is 16.8 Å². The van der Waals surface area contributed by atoms with Gasteiger partial charge in [0.1, 0.15) is 17.7 Å². The molecule has 2 aromatic rings. The lowest BCUT2D eigenvalue weighted by Gasteiger charge is -2.52. The van der Waals surface area contributed by atoms with Crippen molar-refractivity contribution in [2.24, 2.45) is 12.5 Å². The Labute approximate surface area is 149 Å². The Balaban J connectivity index is 1.64. The molecule has 1 saturated carbocycles. The van der Waals surface area contributed by atoms with Crippen LogP contribution in [0.25, 0.3) is 11.1 Å². The van der Waals surface area contributed by atoms with Crippen LogP contribution in [0.4, 0.5) is 4.39 Å². The summed E-state index contributed by atoms with van der Waals surface area (Å²) in [6.45, 7) is 5.54. The summed E-state index contributed by atoms with van der Waals surface area (Å²) in [6.07, 6.45) is 2.22. The number of nitrogens with zero attached hydrogens (tertiary/aromatic N) is 2. The molecule has 2 heterocycles. The molecular weight excluding hydrogens is 375 g/mol. The Kier molecular flexibility index (Phi) is 3.73. The standard InChI is InChI=1S/C18H20BrFN2O2/c1-10-16(11(2)22(3)21-10)14-4-12(5-15(19)17(14)20)24-13-6-18(7-13)8-23-9-18/h4-5,13H,6-9H2,1-3H3. The molecule has 0 N–H and O–H groups in total. The van der Waals surface area contributed by atoms with E-state index in [0.29, 0.717) is 21.2 Å². The van der Waals surface area contributed by atoms with Crippen molar-refractivity contribution in [2.75, 3.05) is 13.2 Å². The van der Waals surface area contributed by atoms with E-state index in [9.17, 15) is 4.39 Å². The van der Waals surface area contributed by atoms with Gasteiger partial charge in [0.25, 0.3) is 0 Å². The fraction of sp³-hybridized carbons (Fsp3) is 0.500. The van der Waals surface area contributed by atoms with E-state index in [1.165, 1.54) is 0 Å². The van der Waals surface area contributed by atoms with Gasteiger partial charge in [-0.1, -0.05) is 0 Å². The second kappa shape index (κ2) is 5.56. The molecule has 128 valence electrons. The highest BCUT2D eigenvalue weighted by atomic mass is 79.9. The van der Waals surface area contributed by atoms with Crippen LogP contribution in [0.3, 0.4) is 0 Å². The van der Waals surface area contributed by atoms with E-state index >= 15 is 0 Å². The first-order valence-electron chi connectivity index (χ1n) is 8.12. The Morgan fingerprint density at radius 1 is 1.33 bits per heavy atom. The third-order valence-corrected chi connectivity index (χ3v) is 5.80. The fourth-order valence-corrected chi connectivity index (χ4v) is 4.23. The third kappa shape index (κ3) is 2.47. The zero-order valence-corrected chi connectivity index (χ0v) is 15.6. The van der Waals surface area contributed by atoms with Crippen LogP contribution in [0, 0.1) is 25.1 Å². The average Bonchev–Trinajstić information content (AvgIpc) is 2.69. The second-order valence-corrected chi connectivity index (χ2v) is 7.93. The van der Waals surface area contributed by atoms with Gasteiger partial charge in [-0.25, -0.2) is 4.39 Å². The van der Waals surface area contributed by atoms with Crippen LogP contribution >= 0.6 is 15.9 Å². The van der Waals surface area contributed by atoms with Gasteiger partial charge in [0.15, 0.2) is 0 Å². The van der Waals surface area contributed by atoms with Gasteiger partial charge in [0, 0.05) is 29.3 Å². The molecule has 0 radical (unpaired) electrons. The summed E-state index contributed by atoms with van der Waals surface area (Å²) >= 11 is 3.33. The fourth-order valence-electron chi connectivity index (χ4n) is 3.79. The van der Waals surface area contributed by atoms with Gasteiger partial charge >= 0.3 is 0 Å². The topological polar surface area (TPSA) is 36.3 Å². The van der Waals surface area contributed by atoms with E-state index in [1.807, 2.05) is 20.9 Å². The smallest absolute Gasteiger partial charge is 0.145 e. The molecule has 1 aliphatic heterocycles. The first-order chi connectivity index (χ1) is 11.4. The van der Waals surface area contributed by atoms with Crippen molar-refractivity contribution in [1.29, 1.82) is 0 Å². The van der Waals surface area contributed by atoms with Crippen LogP contribution in [0.5, 0.6) is 5.75 Å². The van der Waals surface area contributed by atoms with Crippen LogP contribution in [-0.2, 0) is 11.8 Å². The van der Waals surface area contributed by atoms with Crippen molar-refractivity contribution in [1.82, 2.24) is 9.78 Å². The third-order valence-electron chi connectivity index (χ3n) is 5.22. The maximum atomic E-state index is 14.7. The molecule has 0 unspecified atom stereocenters. The van der Waals surface area contributed by atoms with Crippen LogP contribution in [0.2, 0.25) is 0 Å². The summed E-state index contributed by atoms with van der Waals surface area (Å²) in [7, 11) is 1.87. The Morgan fingerprint density at radius 3 is 2.58 bits per heavy atom. The number of hydrogen-bond acceptors (Lipinski definition) is 3. The van der Waals surface area contributed by atoms with Crippen molar-refractivity contribution in [3.05, 3.63) is 33.8 Å². The minimum atomic E-state index is -0.279. The number of rotatable bonds is 3. The lowest BCUT2D eigenvalue weighted by molar-refractivity contribution is -0.191. The van der Waals surface area contributed by atoms with E-state index in [-0.39, 0.29) is 11.9 Å². The predicted molar refractivity (Wildman–Crippen MR) is 92.7 cm³/mol. The summed E-state index contributed by atoms with van der Waals surface area (Å²) in [5.74, 6) is 0.417. The normalized spacial score (nSPS) is 19.2. The zero-order chi connectivity index (χ0) is 17.1. The van der Waals surface area contributed by atoms with Gasteiger partial charge in [-0.2, -0.15) is 5.10 Å². The highest BCUT2D eigenvalue weighted by Crippen LogP contribution is 2.48. The summed E-state index contributed by atoms with van der Waals surface area (Å²) in [5.41, 5.74) is 3.46. The number of aromatic nitrogens is 2. The molecule has 24 heavy (non-hydrogen) atoms. The average molecular weight is 395 g/mol. The number of ether oxygens (including phenoxy) is 2. The molecule has 0 amide bonds. The molecular formula is C18H20BrFN2O2. The minimum Gasteiger partial charge on any atom is -0.490 e. The number of halogens is 2. The van der Waals surface area contributed by atoms with Gasteiger partial charge in [0.2, 0.25) is 0 Å². The van der Waals surface area contributed by atoms with Gasteiger partial charge in [0.05, 0.1) is 23.4 Å². The molecule has 4 rings (SSSR count). The molecule has 2 aliphatic rings. The van der Waals surface area contributed by atoms with Gasteiger partial charge < -0.3 is 9.47 Å². The highest BCUT2D eigenvalue weighted by molar-refractivity contribution is 9.10. The van der Waals surface area contributed by atoms with Crippen LogP contribution < -0.4 is 4.74 Å². The first kappa shape index (κ1) is 16.1. The molecule has 1 spiro atoms. The molecule has 0 bridgehead atoms. The molecule has 1 aliphatic carbocycles. The Hall–Kier alpha value is -1.40. The van der Waals surface area contributed by atoms with Crippen molar-refractivity contribution in [3.8, 4) is 16.9 Å². The SMILES string of the molecule is Cc1nn(C)c(C)c1-c1cc(OC2CC3(COC3)C2)cc(Br)c1F. The number of hydrogen-bond donors (Lipinski definition) is 0. The summed E-state index contributed by atoms with van der Waals surface area (Å²) in [5, 5.41) is 4.39. The predicted octanol–water partition coefficient (Wildman–Crippen LogP) is 4.16. The Morgan fingerprint density at radius 2 is 2.04 bits per heavy atom. The highest BCUT2D eigenvalue weighted by Gasteiger charge is 2.51. The van der Waals surface area contributed by atoms with Crippen molar-refractivity contribution < 1.29 is 13.9 Å². The Bertz CT molecular complexity index is 806. The summed E-state index contributed by atoms with van der Waals surface area (Å²) in [4.78, 5) is 0. The van der Waals surface area contributed by atoms with Gasteiger partial charge in [-0.05, 0) is 54.8 Å². The molecule has 4 nitrogen and oxygen atoms in total. The molecule has 1 aromatic carbocycles. The van der Waals surface area contributed by atoms with E-state index in [2.05, 4.69) is 21.0 Å². The van der Waals surface area contributed by atoms with Gasteiger partial charge in [-0.3, -0.25) is 4.68 Å². The van der Waals surface area contributed by atoms with Gasteiger partial charge in [-0.15, -0.1) is 0 Å². The van der Waals surface area contributed by atoms with Crippen molar-refractivity contribution in [2.45, 2.75) is 32.8 Å². The van der Waals surface area contributed by atoms with E-state index in [4.69, 9.17) is 9.47 Å². The largest absolute Gasteiger partial charge is 0.490 e. The molecule has 1 aromatic heterocycles. The van der Waals surface area contributed by atoms with E-state index in [0.717, 1.165) is 43.0 Å². The number of benzene rings is 1. The van der Waals surface area contributed by atoms with Crippen molar-refractivity contribution >= 4 is 15.9 Å². The van der Waals surface area contributed by atoms with E-state index < -0.39 is 0 Å². The monoisotopic (exact) mass is 394 g/mol. The first-order valence-corrected chi connectivity index (χ1v) is 8.92. The quantitative estimate of drug-likeness (QED) is 0.783. The number of aryl methyl sites for hydroxylation is 2. The lowest BCUT2D eigenvalue weighted by Crippen LogP contribution is -2.56. The van der Waals surface area contributed by atoms with Crippen LogP contribution in [0.15, 0.2) is 16.6 Å².